The predicted molar refractivity (Wildman–Crippen MR) is 106 cm³/mol. The molecule has 150 valence electrons. The molecular formula is C25H14O6. The summed E-state index contributed by atoms with van der Waals surface area (Å²) in [6.45, 7) is 0. The number of allylic oxidation sites excluding steroid dienone is 2. The molecule has 0 spiro atoms. The molecule has 2 heterocycles. The molecule has 1 saturated carbocycles. The molecule has 0 radical (unpaired) electrons. The highest BCUT2D eigenvalue weighted by Gasteiger charge is 2.60. The van der Waals surface area contributed by atoms with Crippen LogP contribution < -0.4 is 0 Å². The Morgan fingerprint density at radius 2 is 1.52 bits per heavy atom. The second kappa shape index (κ2) is 6.26. The maximum atomic E-state index is 12.1. The van der Waals surface area contributed by atoms with E-state index in [1.165, 1.54) is 0 Å². The van der Waals surface area contributed by atoms with E-state index in [4.69, 9.17) is 4.74 Å². The van der Waals surface area contributed by atoms with Crippen molar-refractivity contribution in [2.75, 3.05) is 0 Å². The van der Waals surface area contributed by atoms with Gasteiger partial charge in [-0.2, -0.15) is 0 Å². The number of hydrogen-bond donors (Lipinski definition) is 0. The van der Waals surface area contributed by atoms with Gasteiger partial charge in [-0.15, -0.1) is 0 Å². The summed E-state index contributed by atoms with van der Waals surface area (Å²) < 4.78 is 9.47. The van der Waals surface area contributed by atoms with E-state index < -0.39 is 23.9 Å². The molecule has 6 nitrogen and oxygen atoms in total. The van der Waals surface area contributed by atoms with Gasteiger partial charge in [0.15, 0.2) is 0 Å². The van der Waals surface area contributed by atoms with Crippen molar-refractivity contribution in [1.29, 1.82) is 0 Å². The highest BCUT2D eigenvalue weighted by molar-refractivity contribution is 6.14. The van der Waals surface area contributed by atoms with Crippen molar-refractivity contribution < 1.29 is 28.7 Å². The summed E-state index contributed by atoms with van der Waals surface area (Å²) in [5, 5.41) is 0. The lowest BCUT2D eigenvalue weighted by atomic mass is 9.79. The molecule has 2 aliphatic carbocycles. The number of hydrogen-bond acceptors (Lipinski definition) is 6. The Morgan fingerprint density at radius 3 is 2.35 bits per heavy atom. The quantitative estimate of drug-likeness (QED) is 0.408. The molecule has 0 N–H and O–H groups in total. The molecule has 2 aliphatic heterocycles. The SMILES string of the molecule is O=C1OC(=O)c2cc(C#Cc3cccc(C4=CC5CC4C4C(=O)OC(=O)C54)c3)ccc21. The Hall–Kier alpha value is -3.98. The fourth-order valence-electron chi connectivity index (χ4n) is 5.21. The van der Waals surface area contributed by atoms with Crippen LogP contribution >= 0.6 is 0 Å². The van der Waals surface area contributed by atoms with Crippen molar-refractivity contribution in [2.45, 2.75) is 6.42 Å². The molecular weight excluding hydrogens is 396 g/mol. The first kappa shape index (κ1) is 17.8. The second-order valence-electron chi connectivity index (χ2n) is 8.19. The largest absolute Gasteiger partial charge is 0.393 e. The van der Waals surface area contributed by atoms with E-state index in [1.807, 2.05) is 24.3 Å². The molecule has 2 fully saturated rings. The van der Waals surface area contributed by atoms with Crippen molar-refractivity contribution in [3.63, 3.8) is 0 Å². The summed E-state index contributed by atoms with van der Waals surface area (Å²) >= 11 is 0. The molecule has 2 aromatic carbocycles. The topological polar surface area (TPSA) is 86.7 Å². The minimum atomic E-state index is -0.656. The molecule has 2 bridgehead atoms. The molecule has 6 heteroatoms. The van der Waals surface area contributed by atoms with Gasteiger partial charge in [-0.1, -0.05) is 30.0 Å². The number of carbonyl (C=O) groups excluding carboxylic acids is 4. The number of rotatable bonds is 1. The lowest BCUT2D eigenvalue weighted by Crippen LogP contribution is -2.24. The molecule has 4 unspecified atom stereocenters. The fourth-order valence-corrected chi connectivity index (χ4v) is 5.21. The third kappa shape index (κ3) is 2.60. The zero-order chi connectivity index (χ0) is 21.3. The van der Waals surface area contributed by atoms with Gasteiger partial charge in [0.1, 0.15) is 0 Å². The Kier molecular flexibility index (Phi) is 3.60. The van der Waals surface area contributed by atoms with Gasteiger partial charge in [-0.25, -0.2) is 9.59 Å². The highest BCUT2D eigenvalue weighted by atomic mass is 16.6. The normalized spacial score (nSPS) is 27.3. The summed E-state index contributed by atoms with van der Waals surface area (Å²) in [6.07, 6.45) is 2.90. The maximum Gasteiger partial charge on any atom is 0.346 e. The molecule has 4 atom stereocenters. The van der Waals surface area contributed by atoms with Crippen LogP contribution in [0.2, 0.25) is 0 Å². The molecule has 1 saturated heterocycles. The van der Waals surface area contributed by atoms with Crippen LogP contribution in [0.4, 0.5) is 0 Å². The van der Waals surface area contributed by atoms with Crippen LogP contribution in [-0.4, -0.2) is 23.9 Å². The van der Waals surface area contributed by atoms with Gasteiger partial charge in [0, 0.05) is 11.1 Å². The van der Waals surface area contributed by atoms with Crippen molar-refractivity contribution in [2.24, 2.45) is 23.7 Å². The number of fused-ring (bicyclic) bond motifs is 6. The van der Waals surface area contributed by atoms with E-state index in [0.717, 1.165) is 23.1 Å². The van der Waals surface area contributed by atoms with Gasteiger partial charge >= 0.3 is 23.9 Å². The molecule has 6 rings (SSSR count). The predicted octanol–water partition coefficient (Wildman–Crippen LogP) is 2.75. The van der Waals surface area contributed by atoms with E-state index in [-0.39, 0.29) is 34.8 Å². The van der Waals surface area contributed by atoms with Crippen LogP contribution in [0.3, 0.4) is 0 Å². The van der Waals surface area contributed by atoms with Crippen LogP contribution in [0, 0.1) is 35.5 Å². The van der Waals surface area contributed by atoms with Crippen molar-refractivity contribution in [3.05, 3.63) is 76.4 Å². The number of carbonyl (C=O) groups is 4. The van der Waals surface area contributed by atoms with Crippen LogP contribution in [0.5, 0.6) is 0 Å². The first-order valence-corrected chi connectivity index (χ1v) is 10.00. The zero-order valence-electron chi connectivity index (χ0n) is 16.1. The van der Waals surface area contributed by atoms with E-state index in [9.17, 15) is 19.2 Å². The minimum Gasteiger partial charge on any atom is -0.393 e. The van der Waals surface area contributed by atoms with Gasteiger partial charge < -0.3 is 9.47 Å². The Morgan fingerprint density at radius 1 is 0.774 bits per heavy atom. The average molecular weight is 410 g/mol. The van der Waals surface area contributed by atoms with Crippen LogP contribution in [0.15, 0.2) is 48.5 Å². The average Bonchev–Trinajstić information content (AvgIpc) is 3.50. The summed E-state index contributed by atoms with van der Waals surface area (Å²) in [5.74, 6) is 3.36. The van der Waals surface area contributed by atoms with Crippen molar-refractivity contribution in [3.8, 4) is 11.8 Å². The summed E-state index contributed by atoms with van der Waals surface area (Å²) in [4.78, 5) is 47.4. The third-order valence-corrected chi connectivity index (χ3v) is 6.54. The molecule has 31 heavy (non-hydrogen) atoms. The first-order valence-electron chi connectivity index (χ1n) is 10.00. The number of esters is 4. The maximum absolute atomic E-state index is 12.1. The summed E-state index contributed by atoms with van der Waals surface area (Å²) in [6, 6.07) is 12.5. The monoisotopic (exact) mass is 410 g/mol. The number of benzene rings is 2. The summed E-state index contributed by atoms with van der Waals surface area (Å²) in [5.41, 5.74) is 3.91. The standard InChI is InChI=1S/C25H14O6/c26-22-16-7-6-13(9-19(16)23(27)30-22)5-4-12-2-1-3-14(8-12)17-10-15-11-18(17)21-20(15)24(28)31-25(21)29/h1-3,6-10,15,18,20-21H,11H2. The minimum absolute atomic E-state index is 0.00239. The van der Waals surface area contributed by atoms with Gasteiger partial charge in [0.25, 0.3) is 0 Å². The summed E-state index contributed by atoms with van der Waals surface area (Å²) in [7, 11) is 0. The lowest BCUT2D eigenvalue weighted by Gasteiger charge is -2.20. The van der Waals surface area contributed by atoms with Crippen LogP contribution in [0.1, 0.15) is 43.8 Å². The van der Waals surface area contributed by atoms with Crippen LogP contribution in [-0.2, 0) is 19.1 Å². The highest BCUT2D eigenvalue weighted by Crippen LogP contribution is 2.57. The Labute approximate surface area is 176 Å². The molecule has 4 aliphatic rings. The van der Waals surface area contributed by atoms with Crippen molar-refractivity contribution in [1.82, 2.24) is 0 Å². The fraction of sp³-hybridized carbons (Fsp3) is 0.200. The smallest absolute Gasteiger partial charge is 0.346 e. The number of ether oxygens (including phenoxy) is 2. The molecule has 0 aromatic heterocycles. The second-order valence-corrected chi connectivity index (χ2v) is 8.19. The van der Waals surface area contributed by atoms with Crippen molar-refractivity contribution >= 4 is 29.5 Å². The molecule has 0 amide bonds. The first-order chi connectivity index (χ1) is 15.0. The van der Waals surface area contributed by atoms with Gasteiger partial charge in [0.2, 0.25) is 0 Å². The van der Waals surface area contributed by atoms with E-state index in [2.05, 4.69) is 22.7 Å². The zero-order valence-corrected chi connectivity index (χ0v) is 16.1. The Bertz CT molecular complexity index is 1320. The third-order valence-electron chi connectivity index (χ3n) is 6.54. The Balaban J connectivity index is 1.29. The van der Waals surface area contributed by atoms with E-state index >= 15 is 0 Å². The van der Waals surface area contributed by atoms with E-state index in [0.29, 0.717) is 5.56 Å². The van der Waals surface area contributed by atoms with Gasteiger partial charge in [-0.05, 0) is 59.7 Å². The van der Waals surface area contributed by atoms with Crippen LogP contribution in [0.25, 0.3) is 5.57 Å². The lowest BCUT2D eigenvalue weighted by molar-refractivity contribution is -0.154. The van der Waals surface area contributed by atoms with Gasteiger partial charge in [-0.3, -0.25) is 9.59 Å². The van der Waals surface area contributed by atoms with E-state index in [1.54, 1.807) is 18.2 Å². The van der Waals surface area contributed by atoms with Gasteiger partial charge in [0.05, 0.1) is 23.0 Å². The number of cyclic esters (lactones) is 4. The molecule has 2 aromatic rings.